The fraction of sp³-hybridized carbons (Fsp3) is 0.222. The average molecular weight is 298 g/mol. The van der Waals surface area contributed by atoms with E-state index in [2.05, 4.69) is 20.8 Å². The Morgan fingerprint density at radius 3 is 1.95 bits per heavy atom. The summed E-state index contributed by atoms with van der Waals surface area (Å²) in [6.07, 6.45) is 0. The fourth-order valence-electron chi connectivity index (χ4n) is 2.03. The summed E-state index contributed by atoms with van der Waals surface area (Å²) >= 11 is 0. The van der Waals surface area contributed by atoms with Gasteiger partial charge in [0, 0.05) is 0 Å². The Hall–Kier alpha value is -2.62. The van der Waals surface area contributed by atoms with Crippen LogP contribution in [0.4, 0.5) is 0 Å². The van der Waals surface area contributed by atoms with Gasteiger partial charge in [-0.15, -0.1) is 0 Å². The number of carboxylic acid groups (broad SMARTS) is 1. The number of esters is 1. The third kappa shape index (κ3) is 3.52. The minimum absolute atomic E-state index is 0.0123. The smallest absolute Gasteiger partial charge is 0.344 e. The van der Waals surface area contributed by atoms with Gasteiger partial charge in [0.15, 0.2) is 0 Å². The normalized spacial score (nSPS) is 11.0. The first-order chi connectivity index (χ1) is 10.3. The van der Waals surface area contributed by atoms with Gasteiger partial charge in [-0.1, -0.05) is 45.0 Å². The first-order valence-corrected chi connectivity index (χ1v) is 6.94. The Bertz CT molecular complexity index is 694. The van der Waals surface area contributed by atoms with Crippen molar-refractivity contribution < 1.29 is 19.4 Å². The van der Waals surface area contributed by atoms with Crippen LogP contribution in [0.2, 0.25) is 0 Å². The van der Waals surface area contributed by atoms with Crippen molar-refractivity contribution >= 4 is 11.9 Å². The van der Waals surface area contributed by atoms with Crippen LogP contribution in [0, 0.1) is 0 Å². The highest BCUT2D eigenvalue weighted by Gasteiger charge is 2.18. The molecule has 0 saturated heterocycles. The highest BCUT2D eigenvalue weighted by molar-refractivity contribution is 6.03. The molecule has 0 aliphatic rings. The molecule has 0 radical (unpaired) electrons. The van der Waals surface area contributed by atoms with Crippen LogP contribution in [0.1, 0.15) is 47.1 Å². The molecule has 0 spiro atoms. The number of ether oxygens (including phenoxy) is 1. The largest absolute Gasteiger partial charge is 0.478 e. The highest BCUT2D eigenvalue weighted by Crippen LogP contribution is 2.24. The second-order valence-electron chi connectivity index (χ2n) is 6.01. The summed E-state index contributed by atoms with van der Waals surface area (Å²) in [5.74, 6) is -1.45. The number of hydrogen-bond acceptors (Lipinski definition) is 3. The molecular formula is C18H18O4. The molecule has 0 bridgehead atoms. The molecule has 22 heavy (non-hydrogen) atoms. The van der Waals surface area contributed by atoms with Gasteiger partial charge in [0.1, 0.15) is 5.75 Å². The van der Waals surface area contributed by atoms with Crippen molar-refractivity contribution in [2.45, 2.75) is 26.2 Å². The van der Waals surface area contributed by atoms with Crippen LogP contribution in [-0.2, 0) is 5.41 Å². The lowest BCUT2D eigenvalue weighted by Gasteiger charge is -2.19. The molecule has 0 atom stereocenters. The first kappa shape index (κ1) is 15.8. The van der Waals surface area contributed by atoms with E-state index < -0.39 is 11.9 Å². The van der Waals surface area contributed by atoms with E-state index in [9.17, 15) is 9.59 Å². The minimum Gasteiger partial charge on any atom is -0.478 e. The molecule has 4 nitrogen and oxygen atoms in total. The predicted molar refractivity (Wildman–Crippen MR) is 83.5 cm³/mol. The van der Waals surface area contributed by atoms with Crippen molar-refractivity contribution in [2.75, 3.05) is 0 Å². The van der Waals surface area contributed by atoms with Gasteiger partial charge in [-0.3, -0.25) is 0 Å². The summed E-state index contributed by atoms with van der Waals surface area (Å²) in [6, 6.07) is 13.2. The van der Waals surface area contributed by atoms with Crippen LogP contribution in [0.3, 0.4) is 0 Å². The third-order valence-corrected chi connectivity index (χ3v) is 3.31. The lowest BCUT2D eigenvalue weighted by molar-refractivity contribution is 0.0668. The molecule has 0 amide bonds. The van der Waals surface area contributed by atoms with E-state index in [1.165, 1.54) is 12.1 Å². The van der Waals surface area contributed by atoms with Crippen molar-refractivity contribution in [1.82, 2.24) is 0 Å². The Balaban J connectivity index is 2.21. The summed E-state index contributed by atoms with van der Waals surface area (Å²) in [4.78, 5) is 23.3. The van der Waals surface area contributed by atoms with Crippen LogP contribution in [-0.4, -0.2) is 17.0 Å². The van der Waals surface area contributed by atoms with Gasteiger partial charge in [-0.2, -0.15) is 0 Å². The zero-order valence-electron chi connectivity index (χ0n) is 12.8. The molecule has 4 heteroatoms. The standard InChI is InChI=1S/C18H18O4/c1-18(2,3)12-8-10-13(11-9-12)22-17(21)15-7-5-4-6-14(15)16(19)20/h4-11H,1-3H3,(H,19,20). The predicted octanol–water partition coefficient (Wildman–Crippen LogP) is 3.90. The monoisotopic (exact) mass is 298 g/mol. The quantitative estimate of drug-likeness (QED) is 0.689. The maximum absolute atomic E-state index is 12.1. The molecular weight excluding hydrogens is 280 g/mol. The maximum atomic E-state index is 12.1. The molecule has 2 rings (SSSR count). The number of benzene rings is 2. The van der Waals surface area contributed by atoms with Gasteiger partial charge >= 0.3 is 11.9 Å². The van der Waals surface area contributed by atoms with E-state index in [0.29, 0.717) is 5.75 Å². The zero-order valence-corrected chi connectivity index (χ0v) is 12.8. The molecule has 2 aromatic carbocycles. The number of carbonyl (C=O) groups is 2. The molecule has 0 unspecified atom stereocenters. The van der Waals surface area contributed by atoms with Crippen LogP contribution < -0.4 is 4.74 Å². The van der Waals surface area contributed by atoms with E-state index in [1.807, 2.05) is 12.1 Å². The Morgan fingerprint density at radius 2 is 1.45 bits per heavy atom. The van der Waals surface area contributed by atoms with E-state index in [-0.39, 0.29) is 16.5 Å². The SMILES string of the molecule is CC(C)(C)c1ccc(OC(=O)c2ccccc2C(=O)O)cc1. The van der Waals surface area contributed by atoms with E-state index >= 15 is 0 Å². The zero-order chi connectivity index (χ0) is 16.3. The number of aromatic carboxylic acids is 1. The van der Waals surface area contributed by atoms with E-state index in [4.69, 9.17) is 9.84 Å². The fourth-order valence-corrected chi connectivity index (χ4v) is 2.03. The van der Waals surface area contributed by atoms with Gasteiger partial charge in [0.2, 0.25) is 0 Å². The summed E-state index contributed by atoms with van der Waals surface area (Å²) < 4.78 is 5.26. The summed E-state index contributed by atoms with van der Waals surface area (Å²) in [5, 5.41) is 9.10. The minimum atomic E-state index is -1.16. The van der Waals surface area contributed by atoms with E-state index in [0.717, 1.165) is 5.56 Å². The first-order valence-electron chi connectivity index (χ1n) is 6.94. The molecule has 0 aromatic heterocycles. The van der Waals surface area contributed by atoms with Crippen LogP contribution in [0.25, 0.3) is 0 Å². The van der Waals surface area contributed by atoms with Crippen molar-refractivity contribution in [3.05, 3.63) is 65.2 Å². The molecule has 2 aromatic rings. The summed E-state index contributed by atoms with van der Waals surface area (Å²) in [7, 11) is 0. The third-order valence-electron chi connectivity index (χ3n) is 3.31. The van der Waals surface area contributed by atoms with Crippen molar-refractivity contribution in [2.24, 2.45) is 0 Å². The Kier molecular flexibility index (Phi) is 4.31. The number of hydrogen-bond donors (Lipinski definition) is 1. The van der Waals surface area contributed by atoms with Gasteiger partial charge in [-0.05, 0) is 35.2 Å². The highest BCUT2D eigenvalue weighted by atomic mass is 16.5. The molecule has 1 N–H and O–H groups in total. The lowest BCUT2D eigenvalue weighted by Crippen LogP contribution is -2.14. The Labute approximate surface area is 129 Å². The second kappa shape index (κ2) is 6.02. The molecule has 0 fully saturated rings. The molecule has 0 aliphatic heterocycles. The lowest BCUT2D eigenvalue weighted by atomic mass is 9.87. The van der Waals surface area contributed by atoms with Crippen LogP contribution in [0.15, 0.2) is 48.5 Å². The van der Waals surface area contributed by atoms with E-state index in [1.54, 1.807) is 24.3 Å². The van der Waals surface area contributed by atoms with Gasteiger partial charge in [-0.25, -0.2) is 9.59 Å². The van der Waals surface area contributed by atoms with Gasteiger partial charge in [0.25, 0.3) is 0 Å². The summed E-state index contributed by atoms with van der Waals surface area (Å²) in [6.45, 7) is 6.28. The topological polar surface area (TPSA) is 63.6 Å². The van der Waals surface area contributed by atoms with Gasteiger partial charge < -0.3 is 9.84 Å². The molecule has 114 valence electrons. The molecule has 0 saturated carbocycles. The number of carboxylic acids is 1. The number of carbonyl (C=O) groups excluding carboxylic acids is 1. The van der Waals surface area contributed by atoms with Crippen molar-refractivity contribution in [3.8, 4) is 5.75 Å². The molecule has 0 aliphatic carbocycles. The number of rotatable bonds is 3. The van der Waals surface area contributed by atoms with Gasteiger partial charge in [0.05, 0.1) is 11.1 Å². The van der Waals surface area contributed by atoms with Crippen molar-refractivity contribution in [1.29, 1.82) is 0 Å². The summed E-state index contributed by atoms with van der Waals surface area (Å²) in [5.41, 5.74) is 1.10. The Morgan fingerprint density at radius 1 is 0.909 bits per heavy atom. The average Bonchev–Trinajstić information content (AvgIpc) is 2.46. The maximum Gasteiger partial charge on any atom is 0.344 e. The van der Waals surface area contributed by atoms with Crippen molar-refractivity contribution in [3.63, 3.8) is 0 Å². The van der Waals surface area contributed by atoms with Crippen LogP contribution >= 0.6 is 0 Å². The second-order valence-corrected chi connectivity index (χ2v) is 6.01. The molecule has 0 heterocycles. The van der Waals surface area contributed by atoms with Crippen LogP contribution in [0.5, 0.6) is 5.75 Å².